The number of nitrogens with one attached hydrogen (secondary N) is 2. The van der Waals surface area contributed by atoms with E-state index in [1.807, 2.05) is 55.5 Å². The van der Waals surface area contributed by atoms with Gasteiger partial charge in [0.15, 0.2) is 0 Å². The van der Waals surface area contributed by atoms with Gasteiger partial charge in [-0.3, -0.25) is 4.79 Å². The molecule has 1 amide bonds. The summed E-state index contributed by atoms with van der Waals surface area (Å²) in [6.07, 6.45) is 6.11. The Bertz CT molecular complexity index is 684. The number of unbranched alkanes of at least 4 members (excludes halogenated alkanes) is 4. The lowest BCUT2D eigenvalue weighted by atomic mass is 10.2. The van der Waals surface area contributed by atoms with Crippen LogP contribution >= 0.6 is 0 Å². The summed E-state index contributed by atoms with van der Waals surface area (Å²) in [6, 6.07) is 15.1. The standard InChI is InChI=1S/C23H32N2O3/c1-3-5-6-7-8-17-28-22-15-11-20(12-16-22)25-23(26)18-24-19-9-13-21(14-10-19)27-4-2/h9-16,24H,3-8,17-18H2,1-2H3,(H,25,26). The molecule has 0 spiro atoms. The molecule has 0 aliphatic rings. The minimum atomic E-state index is -0.0986. The maximum Gasteiger partial charge on any atom is 0.243 e. The van der Waals surface area contributed by atoms with Crippen LogP contribution in [0.15, 0.2) is 48.5 Å². The number of anilines is 2. The highest BCUT2D eigenvalue weighted by Gasteiger charge is 2.03. The molecule has 0 radical (unpaired) electrons. The second kappa shape index (κ2) is 12.7. The Balaban J connectivity index is 1.67. The van der Waals surface area contributed by atoms with Crippen LogP contribution in [0.25, 0.3) is 0 Å². The van der Waals surface area contributed by atoms with E-state index in [4.69, 9.17) is 9.47 Å². The molecule has 2 aromatic carbocycles. The van der Waals surface area contributed by atoms with Gasteiger partial charge in [0.25, 0.3) is 0 Å². The SMILES string of the molecule is CCCCCCCOc1ccc(NC(=O)CNc2ccc(OCC)cc2)cc1. The Morgan fingerprint density at radius 3 is 2.04 bits per heavy atom. The van der Waals surface area contributed by atoms with Gasteiger partial charge >= 0.3 is 0 Å². The number of benzene rings is 2. The maximum atomic E-state index is 12.1. The quantitative estimate of drug-likeness (QED) is 0.449. The van der Waals surface area contributed by atoms with Crippen molar-refractivity contribution in [1.29, 1.82) is 0 Å². The molecule has 0 unspecified atom stereocenters. The van der Waals surface area contributed by atoms with Gasteiger partial charge in [0.05, 0.1) is 19.8 Å². The molecule has 2 aromatic rings. The Labute approximate surface area is 168 Å². The first-order chi connectivity index (χ1) is 13.7. The summed E-state index contributed by atoms with van der Waals surface area (Å²) in [4.78, 5) is 12.1. The summed E-state index contributed by atoms with van der Waals surface area (Å²) < 4.78 is 11.1. The fourth-order valence-electron chi connectivity index (χ4n) is 2.75. The van der Waals surface area contributed by atoms with Crippen LogP contribution in [-0.4, -0.2) is 25.7 Å². The van der Waals surface area contributed by atoms with Gasteiger partial charge < -0.3 is 20.1 Å². The van der Waals surface area contributed by atoms with Crippen molar-refractivity contribution >= 4 is 17.3 Å². The van der Waals surface area contributed by atoms with E-state index >= 15 is 0 Å². The molecule has 5 nitrogen and oxygen atoms in total. The summed E-state index contributed by atoms with van der Waals surface area (Å²) in [7, 11) is 0. The van der Waals surface area contributed by atoms with Gasteiger partial charge in [0.2, 0.25) is 5.91 Å². The average Bonchev–Trinajstić information content (AvgIpc) is 2.71. The third kappa shape index (κ3) is 8.33. The molecular formula is C23H32N2O3. The van der Waals surface area contributed by atoms with Crippen LogP contribution in [0.5, 0.6) is 11.5 Å². The fourth-order valence-corrected chi connectivity index (χ4v) is 2.75. The second-order valence-electron chi connectivity index (χ2n) is 6.65. The van der Waals surface area contributed by atoms with Crippen LogP contribution in [-0.2, 0) is 4.79 Å². The average molecular weight is 385 g/mol. The molecule has 0 aromatic heterocycles. The lowest BCUT2D eigenvalue weighted by molar-refractivity contribution is -0.114. The summed E-state index contributed by atoms with van der Waals surface area (Å²) in [5.74, 6) is 1.56. The van der Waals surface area contributed by atoms with Crippen LogP contribution in [0.1, 0.15) is 46.0 Å². The van der Waals surface area contributed by atoms with Gasteiger partial charge in [-0.05, 0) is 61.9 Å². The first kappa shape index (κ1) is 21.6. The molecule has 0 atom stereocenters. The third-order valence-corrected chi connectivity index (χ3v) is 4.27. The summed E-state index contributed by atoms with van der Waals surface area (Å²) >= 11 is 0. The van der Waals surface area contributed by atoms with Gasteiger partial charge in [-0.25, -0.2) is 0 Å². The van der Waals surface area contributed by atoms with E-state index < -0.39 is 0 Å². The van der Waals surface area contributed by atoms with E-state index in [0.717, 1.165) is 35.9 Å². The number of carbonyl (C=O) groups is 1. The molecule has 0 saturated heterocycles. The number of amides is 1. The van der Waals surface area contributed by atoms with E-state index in [2.05, 4.69) is 17.6 Å². The third-order valence-electron chi connectivity index (χ3n) is 4.27. The zero-order chi connectivity index (χ0) is 20.0. The van der Waals surface area contributed by atoms with Gasteiger partial charge in [-0.15, -0.1) is 0 Å². The molecule has 2 rings (SSSR count). The number of hydrogen-bond acceptors (Lipinski definition) is 4. The number of carbonyl (C=O) groups excluding carboxylic acids is 1. The highest BCUT2D eigenvalue weighted by molar-refractivity contribution is 5.93. The molecule has 0 fully saturated rings. The maximum absolute atomic E-state index is 12.1. The van der Waals surface area contributed by atoms with E-state index in [9.17, 15) is 4.79 Å². The topological polar surface area (TPSA) is 59.6 Å². The first-order valence-electron chi connectivity index (χ1n) is 10.2. The molecule has 152 valence electrons. The van der Waals surface area contributed by atoms with Crippen molar-refractivity contribution in [3.63, 3.8) is 0 Å². The summed E-state index contributed by atoms with van der Waals surface area (Å²) in [5, 5.41) is 5.98. The lowest BCUT2D eigenvalue weighted by Gasteiger charge is -2.10. The van der Waals surface area contributed by atoms with Gasteiger partial charge in [0.1, 0.15) is 11.5 Å². The van der Waals surface area contributed by atoms with Crippen molar-refractivity contribution in [3.05, 3.63) is 48.5 Å². The predicted molar refractivity (Wildman–Crippen MR) is 115 cm³/mol. The monoisotopic (exact) mass is 384 g/mol. The van der Waals surface area contributed by atoms with Crippen molar-refractivity contribution in [2.24, 2.45) is 0 Å². The van der Waals surface area contributed by atoms with Crippen LogP contribution in [0, 0.1) is 0 Å². The number of rotatable bonds is 13. The van der Waals surface area contributed by atoms with Crippen molar-refractivity contribution < 1.29 is 14.3 Å². The molecule has 5 heteroatoms. The molecule has 28 heavy (non-hydrogen) atoms. The minimum absolute atomic E-state index is 0.0986. The Morgan fingerprint density at radius 2 is 1.39 bits per heavy atom. The Hall–Kier alpha value is -2.69. The van der Waals surface area contributed by atoms with Crippen molar-refractivity contribution in [2.45, 2.75) is 46.0 Å². The Morgan fingerprint density at radius 1 is 0.786 bits per heavy atom. The molecule has 0 aliphatic carbocycles. The molecule has 0 bridgehead atoms. The van der Waals surface area contributed by atoms with Crippen LogP contribution in [0.4, 0.5) is 11.4 Å². The van der Waals surface area contributed by atoms with Crippen molar-refractivity contribution in [1.82, 2.24) is 0 Å². The molecule has 2 N–H and O–H groups in total. The summed E-state index contributed by atoms with van der Waals surface area (Å²) in [6.45, 7) is 5.74. The predicted octanol–water partition coefficient (Wildman–Crippen LogP) is 5.49. The highest BCUT2D eigenvalue weighted by Crippen LogP contribution is 2.17. The fraction of sp³-hybridized carbons (Fsp3) is 0.435. The van der Waals surface area contributed by atoms with Crippen LogP contribution in [0.3, 0.4) is 0 Å². The molecule has 0 aliphatic heterocycles. The van der Waals surface area contributed by atoms with E-state index in [1.165, 1.54) is 25.7 Å². The van der Waals surface area contributed by atoms with Gasteiger partial charge in [0, 0.05) is 11.4 Å². The van der Waals surface area contributed by atoms with Crippen LogP contribution in [0.2, 0.25) is 0 Å². The van der Waals surface area contributed by atoms with E-state index in [-0.39, 0.29) is 12.5 Å². The highest BCUT2D eigenvalue weighted by atomic mass is 16.5. The zero-order valence-corrected chi connectivity index (χ0v) is 17.0. The molecular weight excluding hydrogens is 352 g/mol. The first-order valence-corrected chi connectivity index (χ1v) is 10.2. The Kier molecular flexibility index (Phi) is 9.76. The minimum Gasteiger partial charge on any atom is -0.494 e. The molecule has 0 saturated carbocycles. The van der Waals surface area contributed by atoms with Crippen molar-refractivity contribution in [3.8, 4) is 11.5 Å². The number of ether oxygens (including phenoxy) is 2. The zero-order valence-electron chi connectivity index (χ0n) is 17.0. The normalized spacial score (nSPS) is 10.4. The lowest BCUT2D eigenvalue weighted by Crippen LogP contribution is -2.21. The summed E-state index contributed by atoms with van der Waals surface area (Å²) in [5.41, 5.74) is 1.63. The largest absolute Gasteiger partial charge is 0.494 e. The second-order valence-corrected chi connectivity index (χ2v) is 6.65. The van der Waals surface area contributed by atoms with Crippen LogP contribution < -0.4 is 20.1 Å². The van der Waals surface area contributed by atoms with Gasteiger partial charge in [-0.1, -0.05) is 32.6 Å². The van der Waals surface area contributed by atoms with Gasteiger partial charge in [-0.2, -0.15) is 0 Å². The van der Waals surface area contributed by atoms with E-state index in [0.29, 0.717) is 6.61 Å². The molecule has 0 heterocycles. The van der Waals surface area contributed by atoms with E-state index in [1.54, 1.807) is 0 Å². The smallest absolute Gasteiger partial charge is 0.243 e. The number of hydrogen-bond donors (Lipinski definition) is 2. The van der Waals surface area contributed by atoms with Crippen molar-refractivity contribution in [2.75, 3.05) is 30.4 Å².